The Morgan fingerprint density at radius 1 is 1.18 bits per heavy atom. The number of carbonyl (C=O) groups is 2. The number of nitrogens with one attached hydrogen (secondary N) is 2. The van der Waals surface area contributed by atoms with Gasteiger partial charge in [0.15, 0.2) is 11.6 Å². The molecule has 0 aliphatic carbocycles. The van der Waals surface area contributed by atoms with E-state index >= 15 is 0 Å². The van der Waals surface area contributed by atoms with Gasteiger partial charge in [-0.25, -0.2) is 9.18 Å². The Kier molecular flexibility index (Phi) is 5.77. The number of benzene rings is 2. The third kappa shape index (κ3) is 4.05. The summed E-state index contributed by atoms with van der Waals surface area (Å²) in [5.74, 6) is -2.27. The second kappa shape index (κ2) is 8.24. The summed E-state index contributed by atoms with van der Waals surface area (Å²) in [4.78, 5) is 25.7. The molecule has 0 radical (unpaired) electrons. The Bertz CT molecular complexity index is 887. The lowest BCUT2D eigenvalue weighted by Gasteiger charge is -2.22. The molecule has 1 saturated heterocycles. The van der Waals surface area contributed by atoms with Gasteiger partial charge in [-0.2, -0.15) is 4.39 Å². The van der Waals surface area contributed by atoms with Crippen LogP contribution in [0, 0.1) is 11.6 Å². The molecule has 0 bridgehead atoms. The third-order valence-electron chi connectivity index (χ3n) is 4.67. The number of nitrogens with zero attached hydrogens (tertiary/aromatic N) is 1. The molecule has 0 unspecified atom stereocenters. The standard InChI is InChI=1S/C20H21F2N3O3/c1-12-3-10-17(26)25(12)15-7-5-14(6-8-15)24-20(27)23-11-13-4-9-16(28-2)19(22)18(13)21/h4-9,12H,3,10-11H2,1-2H3,(H2,23,24,27)/t12-/m0/s1. The number of hydrogen-bond donors (Lipinski definition) is 2. The number of methoxy groups -OCH3 is 1. The van der Waals surface area contributed by atoms with E-state index in [0.717, 1.165) is 12.1 Å². The van der Waals surface area contributed by atoms with E-state index in [1.54, 1.807) is 29.2 Å². The molecule has 1 fully saturated rings. The van der Waals surface area contributed by atoms with Crippen molar-refractivity contribution >= 4 is 23.3 Å². The van der Waals surface area contributed by atoms with Crippen molar-refractivity contribution in [1.82, 2.24) is 5.32 Å². The van der Waals surface area contributed by atoms with Gasteiger partial charge < -0.3 is 20.3 Å². The van der Waals surface area contributed by atoms with Gasteiger partial charge in [-0.3, -0.25) is 4.79 Å². The lowest BCUT2D eigenvalue weighted by atomic mass is 10.2. The topological polar surface area (TPSA) is 70.7 Å². The van der Waals surface area contributed by atoms with Crippen LogP contribution in [0.2, 0.25) is 0 Å². The summed E-state index contributed by atoms with van der Waals surface area (Å²) in [6, 6.07) is 9.11. The molecule has 1 atom stereocenters. The zero-order valence-electron chi connectivity index (χ0n) is 15.6. The summed E-state index contributed by atoms with van der Waals surface area (Å²) in [7, 11) is 1.24. The summed E-state index contributed by atoms with van der Waals surface area (Å²) in [6.45, 7) is 1.81. The maximum Gasteiger partial charge on any atom is 0.319 e. The van der Waals surface area contributed by atoms with Crippen LogP contribution >= 0.6 is 0 Å². The van der Waals surface area contributed by atoms with E-state index in [9.17, 15) is 18.4 Å². The van der Waals surface area contributed by atoms with Crippen LogP contribution in [0.3, 0.4) is 0 Å². The Hall–Kier alpha value is -3.16. The van der Waals surface area contributed by atoms with Crippen molar-refractivity contribution in [2.24, 2.45) is 0 Å². The van der Waals surface area contributed by atoms with Gasteiger partial charge in [-0.05, 0) is 43.7 Å². The third-order valence-corrected chi connectivity index (χ3v) is 4.67. The highest BCUT2D eigenvalue weighted by molar-refractivity contribution is 5.96. The van der Waals surface area contributed by atoms with Crippen LogP contribution in [0.1, 0.15) is 25.3 Å². The number of anilines is 2. The lowest BCUT2D eigenvalue weighted by molar-refractivity contribution is -0.117. The molecule has 3 rings (SSSR count). The van der Waals surface area contributed by atoms with E-state index in [-0.39, 0.29) is 29.8 Å². The molecular formula is C20H21F2N3O3. The molecule has 6 nitrogen and oxygen atoms in total. The summed E-state index contributed by atoms with van der Waals surface area (Å²) in [5.41, 5.74) is 1.30. The number of rotatable bonds is 5. The summed E-state index contributed by atoms with van der Waals surface area (Å²) < 4.78 is 32.3. The number of urea groups is 1. The molecule has 2 aromatic rings. The highest BCUT2D eigenvalue weighted by atomic mass is 19.2. The van der Waals surface area contributed by atoms with Crippen LogP contribution in [0.4, 0.5) is 25.0 Å². The number of amides is 3. The minimum atomic E-state index is -1.09. The fourth-order valence-electron chi connectivity index (χ4n) is 3.15. The molecule has 1 aliphatic rings. The van der Waals surface area contributed by atoms with Crippen molar-refractivity contribution < 1.29 is 23.1 Å². The molecule has 1 heterocycles. The maximum atomic E-state index is 13.9. The Morgan fingerprint density at radius 2 is 1.89 bits per heavy atom. The van der Waals surface area contributed by atoms with E-state index in [1.807, 2.05) is 6.92 Å². The van der Waals surface area contributed by atoms with Crippen LogP contribution < -0.4 is 20.3 Å². The molecule has 2 N–H and O–H groups in total. The Labute approximate surface area is 161 Å². The van der Waals surface area contributed by atoms with Crippen molar-refractivity contribution in [1.29, 1.82) is 0 Å². The van der Waals surface area contributed by atoms with Gasteiger partial charge in [-0.15, -0.1) is 0 Å². The highest BCUT2D eigenvalue weighted by Crippen LogP contribution is 2.27. The van der Waals surface area contributed by atoms with Crippen molar-refractivity contribution in [2.45, 2.75) is 32.4 Å². The highest BCUT2D eigenvalue weighted by Gasteiger charge is 2.28. The number of ether oxygens (including phenoxy) is 1. The van der Waals surface area contributed by atoms with E-state index < -0.39 is 17.7 Å². The largest absolute Gasteiger partial charge is 0.494 e. The minimum absolute atomic E-state index is 0.00494. The van der Waals surface area contributed by atoms with Gasteiger partial charge in [0.25, 0.3) is 0 Å². The van der Waals surface area contributed by atoms with Gasteiger partial charge in [0.2, 0.25) is 11.7 Å². The van der Waals surface area contributed by atoms with Crippen molar-refractivity contribution in [3.8, 4) is 5.75 Å². The first kappa shape index (κ1) is 19.6. The first-order chi connectivity index (χ1) is 13.4. The van der Waals surface area contributed by atoms with Gasteiger partial charge >= 0.3 is 6.03 Å². The summed E-state index contributed by atoms with van der Waals surface area (Å²) >= 11 is 0. The average Bonchev–Trinajstić information content (AvgIpc) is 3.02. The molecule has 2 aromatic carbocycles. The van der Waals surface area contributed by atoms with E-state index in [0.29, 0.717) is 12.1 Å². The van der Waals surface area contributed by atoms with E-state index in [2.05, 4.69) is 10.6 Å². The second-order valence-electron chi connectivity index (χ2n) is 6.56. The van der Waals surface area contributed by atoms with Crippen molar-refractivity contribution in [2.75, 3.05) is 17.3 Å². The fourth-order valence-corrected chi connectivity index (χ4v) is 3.15. The maximum absolute atomic E-state index is 13.9. The smallest absolute Gasteiger partial charge is 0.319 e. The average molecular weight is 389 g/mol. The van der Waals surface area contributed by atoms with Gasteiger partial charge in [-0.1, -0.05) is 6.07 Å². The predicted octanol–water partition coefficient (Wildman–Crippen LogP) is 3.81. The second-order valence-corrected chi connectivity index (χ2v) is 6.56. The molecule has 3 amide bonds. The van der Waals surface area contributed by atoms with Gasteiger partial charge in [0.05, 0.1) is 7.11 Å². The molecule has 148 valence electrons. The fraction of sp³-hybridized carbons (Fsp3) is 0.300. The first-order valence-corrected chi connectivity index (χ1v) is 8.88. The number of hydrogen-bond acceptors (Lipinski definition) is 3. The predicted molar refractivity (Wildman–Crippen MR) is 101 cm³/mol. The normalized spacial score (nSPS) is 16.2. The first-order valence-electron chi connectivity index (χ1n) is 8.88. The molecule has 0 spiro atoms. The van der Waals surface area contributed by atoms with Gasteiger partial charge in [0.1, 0.15) is 0 Å². The van der Waals surface area contributed by atoms with Crippen LogP contribution in [0.25, 0.3) is 0 Å². The van der Waals surface area contributed by atoms with Crippen molar-refractivity contribution in [3.05, 3.63) is 53.6 Å². The summed E-state index contributed by atoms with van der Waals surface area (Å²) in [5, 5.41) is 5.09. The molecular weight excluding hydrogens is 368 g/mol. The van der Waals surface area contributed by atoms with Crippen LogP contribution in [-0.4, -0.2) is 25.1 Å². The monoisotopic (exact) mass is 389 g/mol. The summed E-state index contributed by atoms with van der Waals surface area (Å²) in [6.07, 6.45) is 1.36. The van der Waals surface area contributed by atoms with Crippen LogP contribution in [-0.2, 0) is 11.3 Å². The van der Waals surface area contributed by atoms with E-state index in [4.69, 9.17) is 4.74 Å². The lowest BCUT2D eigenvalue weighted by Crippen LogP contribution is -2.30. The molecule has 0 aromatic heterocycles. The van der Waals surface area contributed by atoms with Crippen molar-refractivity contribution in [3.63, 3.8) is 0 Å². The zero-order chi connectivity index (χ0) is 20.3. The van der Waals surface area contributed by atoms with Crippen LogP contribution in [0.5, 0.6) is 5.75 Å². The van der Waals surface area contributed by atoms with Crippen LogP contribution in [0.15, 0.2) is 36.4 Å². The number of carbonyl (C=O) groups excluding carboxylic acids is 2. The zero-order valence-corrected chi connectivity index (χ0v) is 15.6. The van der Waals surface area contributed by atoms with E-state index in [1.165, 1.54) is 19.2 Å². The molecule has 1 aliphatic heterocycles. The number of halogens is 2. The van der Waals surface area contributed by atoms with Gasteiger partial charge in [0, 0.05) is 35.9 Å². The molecule has 0 saturated carbocycles. The molecule has 8 heteroatoms. The molecule has 28 heavy (non-hydrogen) atoms. The SMILES string of the molecule is COc1ccc(CNC(=O)Nc2ccc(N3C(=O)CC[C@@H]3C)cc2)c(F)c1F. The minimum Gasteiger partial charge on any atom is -0.494 e. The Morgan fingerprint density at radius 3 is 2.50 bits per heavy atom. The Balaban J connectivity index is 1.58. The quantitative estimate of drug-likeness (QED) is 0.817.